The normalized spacial score (nSPS) is 17.2. The van der Waals surface area contributed by atoms with Crippen LogP contribution in [0.4, 0.5) is 0 Å². The molecular weight excluding hydrogens is 326 g/mol. The molecular formula is C20H21N5O. The van der Waals surface area contributed by atoms with E-state index in [9.17, 15) is 4.79 Å². The van der Waals surface area contributed by atoms with Crippen molar-refractivity contribution in [2.24, 2.45) is 0 Å². The van der Waals surface area contributed by atoms with Crippen molar-refractivity contribution in [2.45, 2.75) is 12.6 Å². The summed E-state index contributed by atoms with van der Waals surface area (Å²) in [4.78, 5) is 19.2. The number of nitrogens with one attached hydrogen (secondary N) is 1. The molecule has 1 unspecified atom stereocenters. The molecule has 0 bridgehead atoms. The molecule has 26 heavy (non-hydrogen) atoms. The summed E-state index contributed by atoms with van der Waals surface area (Å²) >= 11 is 0. The predicted octanol–water partition coefficient (Wildman–Crippen LogP) is 2.11. The zero-order valence-corrected chi connectivity index (χ0v) is 14.5. The van der Waals surface area contributed by atoms with Crippen LogP contribution < -0.4 is 5.32 Å². The van der Waals surface area contributed by atoms with Gasteiger partial charge in [-0.05, 0) is 35.4 Å². The maximum absolute atomic E-state index is 13.1. The van der Waals surface area contributed by atoms with E-state index in [1.165, 1.54) is 0 Å². The standard InChI is InChI=1S/C20H21N5O/c26-20(17-6-4-16(5-7-17)15-24-11-2-9-23-24)25-12-10-22-14-19(25)18-3-1-8-21-13-18/h1-9,11,13,19,22H,10,12,14-15H2. The van der Waals surface area contributed by atoms with Gasteiger partial charge in [0.05, 0.1) is 12.6 Å². The highest BCUT2D eigenvalue weighted by atomic mass is 16.2. The average molecular weight is 347 g/mol. The zero-order valence-electron chi connectivity index (χ0n) is 14.5. The van der Waals surface area contributed by atoms with Crippen LogP contribution >= 0.6 is 0 Å². The molecule has 1 aromatic carbocycles. The highest BCUT2D eigenvalue weighted by Gasteiger charge is 2.28. The highest BCUT2D eigenvalue weighted by molar-refractivity contribution is 5.94. The fourth-order valence-corrected chi connectivity index (χ4v) is 3.32. The van der Waals surface area contributed by atoms with Crippen molar-refractivity contribution in [3.05, 3.63) is 83.9 Å². The van der Waals surface area contributed by atoms with E-state index in [4.69, 9.17) is 0 Å². The molecule has 1 aliphatic heterocycles. The Kier molecular flexibility index (Phi) is 4.75. The van der Waals surface area contributed by atoms with Gasteiger partial charge < -0.3 is 10.2 Å². The first-order valence-electron chi connectivity index (χ1n) is 8.79. The number of hydrogen-bond acceptors (Lipinski definition) is 4. The molecule has 132 valence electrons. The molecule has 1 atom stereocenters. The third-order valence-corrected chi connectivity index (χ3v) is 4.68. The van der Waals surface area contributed by atoms with Crippen molar-refractivity contribution < 1.29 is 4.79 Å². The molecule has 0 saturated carbocycles. The van der Waals surface area contributed by atoms with Crippen molar-refractivity contribution in [3.63, 3.8) is 0 Å². The van der Waals surface area contributed by atoms with Crippen LogP contribution in [0.2, 0.25) is 0 Å². The number of carbonyl (C=O) groups is 1. The number of hydrogen-bond donors (Lipinski definition) is 1. The number of benzene rings is 1. The first kappa shape index (κ1) is 16.5. The van der Waals surface area contributed by atoms with Gasteiger partial charge in [0.1, 0.15) is 0 Å². The Balaban J connectivity index is 1.52. The lowest BCUT2D eigenvalue weighted by molar-refractivity contribution is 0.0634. The molecule has 4 rings (SSSR count). The van der Waals surface area contributed by atoms with Gasteiger partial charge in [0.25, 0.3) is 5.91 Å². The maximum atomic E-state index is 13.1. The Morgan fingerprint density at radius 1 is 1.15 bits per heavy atom. The molecule has 0 radical (unpaired) electrons. The molecule has 3 heterocycles. The Morgan fingerprint density at radius 2 is 2.04 bits per heavy atom. The smallest absolute Gasteiger partial charge is 0.254 e. The number of piperazine rings is 1. The van der Waals surface area contributed by atoms with Crippen LogP contribution in [-0.4, -0.2) is 45.2 Å². The minimum Gasteiger partial charge on any atom is -0.329 e. The monoisotopic (exact) mass is 347 g/mol. The van der Waals surface area contributed by atoms with Gasteiger partial charge in [-0.15, -0.1) is 0 Å². The van der Waals surface area contributed by atoms with Crippen LogP contribution in [0.25, 0.3) is 0 Å². The molecule has 1 N–H and O–H groups in total. The van der Waals surface area contributed by atoms with Gasteiger partial charge in [0.15, 0.2) is 0 Å². The van der Waals surface area contributed by atoms with Crippen molar-refractivity contribution >= 4 is 5.91 Å². The van der Waals surface area contributed by atoms with E-state index in [2.05, 4.69) is 15.4 Å². The zero-order chi connectivity index (χ0) is 17.8. The first-order valence-corrected chi connectivity index (χ1v) is 8.79. The minimum atomic E-state index is 0.00806. The molecule has 0 aliphatic carbocycles. The van der Waals surface area contributed by atoms with Gasteiger partial charge in [-0.2, -0.15) is 5.10 Å². The van der Waals surface area contributed by atoms with Gasteiger partial charge >= 0.3 is 0 Å². The van der Waals surface area contributed by atoms with Crippen LogP contribution in [0, 0.1) is 0 Å². The fourth-order valence-electron chi connectivity index (χ4n) is 3.32. The van der Waals surface area contributed by atoms with E-state index >= 15 is 0 Å². The second kappa shape index (κ2) is 7.49. The lowest BCUT2D eigenvalue weighted by Gasteiger charge is -2.36. The second-order valence-corrected chi connectivity index (χ2v) is 6.41. The number of nitrogens with zero attached hydrogens (tertiary/aromatic N) is 4. The van der Waals surface area contributed by atoms with Gasteiger partial charge in [-0.1, -0.05) is 18.2 Å². The van der Waals surface area contributed by atoms with Crippen LogP contribution in [0.3, 0.4) is 0 Å². The number of amides is 1. The largest absolute Gasteiger partial charge is 0.329 e. The van der Waals surface area contributed by atoms with Gasteiger partial charge in [-0.25, -0.2) is 0 Å². The van der Waals surface area contributed by atoms with Gasteiger partial charge in [0.2, 0.25) is 0 Å². The van der Waals surface area contributed by atoms with Crippen LogP contribution in [0.15, 0.2) is 67.3 Å². The van der Waals surface area contributed by atoms with Crippen molar-refractivity contribution in [1.29, 1.82) is 0 Å². The third kappa shape index (κ3) is 3.50. The van der Waals surface area contributed by atoms with Crippen molar-refractivity contribution in [1.82, 2.24) is 25.0 Å². The molecule has 1 amide bonds. The summed E-state index contributed by atoms with van der Waals surface area (Å²) in [5.74, 6) is 0.0611. The van der Waals surface area contributed by atoms with E-state index in [1.54, 1.807) is 12.4 Å². The summed E-state index contributed by atoms with van der Waals surface area (Å²) < 4.78 is 1.87. The summed E-state index contributed by atoms with van der Waals surface area (Å²) in [7, 11) is 0. The topological polar surface area (TPSA) is 63.1 Å². The summed E-state index contributed by atoms with van der Waals surface area (Å²) in [6.45, 7) is 2.94. The molecule has 1 saturated heterocycles. The maximum Gasteiger partial charge on any atom is 0.254 e. The molecule has 3 aromatic rings. The molecule has 1 fully saturated rings. The summed E-state index contributed by atoms with van der Waals surface area (Å²) in [5.41, 5.74) is 2.89. The van der Waals surface area contributed by atoms with E-state index < -0.39 is 0 Å². The lowest BCUT2D eigenvalue weighted by Crippen LogP contribution is -2.48. The Hall–Kier alpha value is -2.99. The summed E-state index contributed by atoms with van der Waals surface area (Å²) in [6.07, 6.45) is 7.29. The molecule has 0 spiro atoms. The third-order valence-electron chi connectivity index (χ3n) is 4.68. The molecule has 1 aliphatic rings. The number of carbonyl (C=O) groups excluding carboxylic acids is 1. The van der Waals surface area contributed by atoms with Gasteiger partial charge in [-0.3, -0.25) is 14.5 Å². The Morgan fingerprint density at radius 3 is 2.77 bits per heavy atom. The number of rotatable bonds is 4. The Labute approximate surface area is 152 Å². The summed E-state index contributed by atoms with van der Waals surface area (Å²) in [5, 5.41) is 7.59. The quantitative estimate of drug-likeness (QED) is 0.785. The predicted molar refractivity (Wildman–Crippen MR) is 98.7 cm³/mol. The van der Waals surface area contributed by atoms with E-state index in [0.29, 0.717) is 18.7 Å². The van der Waals surface area contributed by atoms with E-state index in [1.807, 2.05) is 64.4 Å². The fraction of sp³-hybridized carbons (Fsp3) is 0.250. The van der Waals surface area contributed by atoms with Crippen molar-refractivity contribution in [3.8, 4) is 0 Å². The van der Waals surface area contributed by atoms with Gasteiger partial charge in [0, 0.05) is 50.0 Å². The SMILES string of the molecule is O=C(c1ccc(Cn2cccn2)cc1)N1CCNCC1c1cccnc1. The second-order valence-electron chi connectivity index (χ2n) is 6.41. The molecule has 2 aromatic heterocycles. The van der Waals surface area contributed by atoms with E-state index in [0.717, 1.165) is 24.2 Å². The average Bonchev–Trinajstić information content (AvgIpc) is 3.22. The number of pyridine rings is 1. The molecule has 6 heteroatoms. The summed E-state index contributed by atoms with van der Waals surface area (Å²) in [6, 6.07) is 13.7. The number of aromatic nitrogens is 3. The Bertz CT molecular complexity index is 846. The molecule has 6 nitrogen and oxygen atoms in total. The van der Waals surface area contributed by atoms with Crippen LogP contribution in [0.1, 0.15) is 27.5 Å². The minimum absolute atomic E-state index is 0.00806. The van der Waals surface area contributed by atoms with Crippen LogP contribution in [0.5, 0.6) is 0 Å². The first-order chi connectivity index (χ1) is 12.8. The van der Waals surface area contributed by atoms with Crippen molar-refractivity contribution in [2.75, 3.05) is 19.6 Å². The highest BCUT2D eigenvalue weighted by Crippen LogP contribution is 2.23. The van der Waals surface area contributed by atoms with Crippen LogP contribution in [-0.2, 0) is 6.54 Å². The van der Waals surface area contributed by atoms with E-state index in [-0.39, 0.29) is 11.9 Å². The lowest BCUT2D eigenvalue weighted by atomic mass is 10.0.